The second-order valence-electron chi connectivity index (χ2n) is 6.16. The molecular weight excluding hydrogens is 454 g/mol. The molecule has 2 aromatic heterocycles. The predicted octanol–water partition coefficient (Wildman–Crippen LogP) is 6.79. The molecule has 0 amide bonds. The number of thiazole rings is 1. The van der Waals surface area contributed by atoms with E-state index in [1.54, 1.807) is 23.1 Å². The Hall–Kier alpha value is -2.52. The largest absolute Gasteiger partial charge is 0.383 e. The molecule has 0 unspecified atom stereocenters. The van der Waals surface area contributed by atoms with Crippen LogP contribution in [0.4, 0.5) is 22.2 Å². The Morgan fingerprint density at radius 1 is 1.00 bits per heavy atom. The van der Waals surface area contributed by atoms with Crippen LogP contribution in [0.25, 0.3) is 11.3 Å². The first-order valence-electron chi connectivity index (χ1n) is 8.79. The Labute approximate surface area is 193 Å². The molecule has 9 heteroatoms. The first kappa shape index (κ1) is 22.2. The van der Waals surface area contributed by atoms with E-state index in [0.717, 1.165) is 42.5 Å². The van der Waals surface area contributed by atoms with Crippen LogP contribution in [0.1, 0.15) is 4.88 Å². The summed E-state index contributed by atoms with van der Waals surface area (Å²) in [4.78, 5) is 5.49. The lowest BCUT2D eigenvalue weighted by atomic mass is 10.2. The van der Waals surface area contributed by atoms with Crippen LogP contribution in [0.15, 0.2) is 70.3 Å². The van der Waals surface area contributed by atoms with Crippen LogP contribution in [0, 0.1) is 5.41 Å². The van der Waals surface area contributed by atoms with Gasteiger partial charge in [-0.1, -0.05) is 18.2 Å². The SMILES string of the molecule is CSc1sc(C(=N)N)cc1-c1csc(Nc2ccc(Nc3ccccc3)cc2)n1.Cl. The lowest BCUT2D eigenvalue weighted by Gasteiger charge is -2.08. The number of amidine groups is 1. The molecule has 0 aliphatic carbocycles. The van der Waals surface area contributed by atoms with Gasteiger partial charge in [0.1, 0.15) is 5.84 Å². The summed E-state index contributed by atoms with van der Waals surface area (Å²) in [7, 11) is 0. The van der Waals surface area contributed by atoms with Gasteiger partial charge < -0.3 is 16.4 Å². The van der Waals surface area contributed by atoms with Crippen LogP contribution < -0.4 is 16.4 Å². The van der Waals surface area contributed by atoms with Gasteiger partial charge in [-0.25, -0.2) is 4.98 Å². The molecule has 154 valence electrons. The van der Waals surface area contributed by atoms with E-state index in [1.165, 1.54) is 11.3 Å². The molecule has 0 radical (unpaired) electrons. The molecule has 0 fully saturated rings. The third kappa shape index (κ3) is 5.14. The maximum atomic E-state index is 7.67. The third-order valence-electron chi connectivity index (χ3n) is 4.13. The standard InChI is InChI=1S/C21H19N5S3.ClH/c1-27-20-16(11-18(29-20)19(22)23)17-12-28-21(26-17)25-15-9-7-14(8-10-15)24-13-5-3-2-4-6-13;/h2-12,24H,1H3,(H3,22,23)(H,25,26);1H. The van der Waals surface area contributed by atoms with Gasteiger partial charge in [-0.3, -0.25) is 5.41 Å². The van der Waals surface area contributed by atoms with Crippen LogP contribution in [0.3, 0.4) is 0 Å². The van der Waals surface area contributed by atoms with E-state index >= 15 is 0 Å². The highest BCUT2D eigenvalue weighted by Gasteiger charge is 2.15. The minimum absolute atomic E-state index is 0. The number of nitrogens with one attached hydrogen (secondary N) is 3. The molecule has 2 heterocycles. The molecule has 2 aromatic carbocycles. The summed E-state index contributed by atoms with van der Waals surface area (Å²) in [5.41, 5.74) is 10.6. The van der Waals surface area contributed by atoms with Gasteiger partial charge >= 0.3 is 0 Å². The smallest absolute Gasteiger partial charge is 0.187 e. The number of hydrogen-bond donors (Lipinski definition) is 4. The van der Waals surface area contributed by atoms with E-state index in [1.807, 2.05) is 72.3 Å². The number of nitrogen functional groups attached to an aromatic ring is 1. The number of nitrogens with two attached hydrogens (primary N) is 1. The summed E-state index contributed by atoms with van der Waals surface area (Å²) >= 11 is 4.73. The second-order valence-corrected chi connectivity index (χ2v) is 9.15. The molecule has 0 atom stereocenters. The van der Waals surface area contributed by atoms with Gasteiger partial charge in [-0.2, -0.15) is 0 Å². The van der Waals surface area contributed by atoms with Crippen molar-refractivity contribution in [2.24, 2.45) is 5.73 Å². The maximum Gasteiger partial charge on any atom is 0.187 e. The third-order valence-corrected chi connectivity index (χ3v) is 7.19. The fourth-order valence-corrected chi connectivity index (χ4v) is 5.22. The second kappa shape index (κ2) is 9.99. The van der Waals surface area contributed by atoms with Crippen molar-refractivity contribution < 1.29 is 0 Å². The van der Waals surface area contributed by atoms with Crippen LogP contribution in [0.2, 0.25) is 0 Å². The van der Waals surface area contributed by atoms with Crippen molar-refractivity contribution in [2.75, 3.05) is 16.9 Å². The monoisotopic (exact) mass is 473 g/mol. The van der Waals surface area contributed by atoms with E-state index in [4.69, 9.17) is 16.1 Å². The maximum absolute atomic E-state index is 7.67. The molecule has 30 heavy (non-hydrogen) atoms. The van der Waals surface area contributed by atoms with Crippen molar-refractivity contribution in [1.29, 1.82) is 5.41 Å². The summed E-state index contributed by atoms with van der Waals surface area (Å²) < 4.78 is 1.11. The Morgan fingerprint density at radius 3 is 2.27 bits per heavy atom. The van der Waals surface area contributed by atoms with Gasteiger partial charge in [0.15, 0.2) is 5.13 Å². The Balaban J connectivity index is 0.00000256. The van der Waals surface area contributed by atoms with Crippen LogP contribution in [-0.4, -0.2) is 17.1 Å². The molecule has 4 aromatic rings. The number of nitrogens with zero attached hydrogens (tertiary/aromatic N) is 1. The topological polar surface area (TPSA) is 86.8 Å². The zero-order valence-corrected chi connectivity index (χ0v) is 19.3. The lowest BCUT2D eigenvalue weighted by Crippen LogP contribution is -2.08. The zero-order chi connectivity index (χ0) is 20.2. The van der Waals surface area contributed by atoms with E-state index in [9.17, 15) is 0 Å². The summed E-state index contributed by atoms with van der Waals surface area (Å²) in [5, 5.41) is 17.3. The number of thioether (sulfide) groups is 1. The van der Waals surface area contributed by atoms with Gasteiger partial charge in [0.25, 0.3) is 0 Å². The first-order valence-corrected chi connectivity index (χ1v) is 11.7. The Bertz CT molecular complexity index is 1120. The molecule has 0 saturated heterocycles. The molecule has 5 nitrogen and oxygen atoms in total. The quantitative estimate of drug-likeness (QED) is 0.135. The first-order chi connectivity index (χ1) is 14.1. The van der Waals surface area contributed by atoms with Crippen molar-refractivity contribution in [3.63, 3.8) is 0 Å². The van der Waals surface area contributed by atoms with Crippen molar-refractivity contribution >= 4 is 74.9 Å². The molecule has 0 saturated carbocycles. The van der Waals surface area contributed by atoms with E-state index in [0.29, 0.717) is 0 Å². The zero-order valence-electron chi connectivity index (χ0n) is 16.0. The Kier molecular flexibility index (Phi) is 7.38. The van der Waals surface area contributed by atoms with Gasteiger partial charge in [-0.05, 0) is 48.7 Å². The number of benzene rings is 2. The summed E-state index contributed by atoms with van der Waals surface area (Å²) in [6, 6.07) is 20.2. The minimum Gasteiger partial charge on any atom is -0.383 e. The number of anilines is 4. The van der Waals surface area contributed by atoms with Crippen molar-refractivity contribution in [1.82, 2.24) is 4.98 Å². The summed E-state index contributed by atoms with van der Waals surface area (Å²) in [6.07, 6.45) is 2.02. The van der Waals surface area contributed by atoms with Crippen LogP contribution in [-0.2, 0) is 0 Å². The fraction of sp³-hybridized carbons (Fsp3) is 0.0476. The molecular formula is C21H20ClN5S3. The van der Waals surface area contributed by atoms with Gasteiger partial charge in [0.2, 0.25) is 0 Å². The van der Waals surface area contributed by atoms with Crippen molar-refractivity contribution in [2.45, 2.75) is 4.21 Å². The van der Waals surface area contributed by atoms with E-state index < -0.39 is 0 Å². The molecule has 4 rings (SSSR count). The molecule has 0 spiro atoms. The Morgan fingerprint density at radius 2 is 1.63 bits per heavy atom. The van der Waals surface area contributed by atoms with Crippen molar-refractivity contribution in [3.05, 3.63) is 70.9 Å². The van der Waals surface area contributed by atoms with E-state index in [-0.39, 0.29) is 18.2 Å². The average molecular weight is 474 g/mol. The average Bonchev–Trinajstić information content (AvgIpc) is 3.37. The van der Waals surface area contributed by atoms with Crippen LogP contribution in [0.5, 0.6) is 0 Å². The molecule has 0 aliphatic rings. The molecule has 0 aliphatic heterocycles. The highest BCUT2D eigenvalue weighted by Crippen LogP contribution is 2.39. The van der Waals surface area contributed by atoms with Crippen LogP contribution >= 0.6 is 46.8 Å². The molecule has 0 bridgehead atoms. The number of hydrogen-bond acceptors (Lipinski definition) is 7. The highest BCUT2D eigenvalue weighted by atomic mass is 35.5. The number of rotatable bonds is 7. The molecule has 5 N–H and O–H groups in total. The minimum atomic E-state index is 0. The lowest BCUT2D eigenvalue weighted by molar-refractivity contribution is 1.37. The fourth-order valence-electron chi connectivity index (χ4n) is 2.74. The predicted molar refractivity (Wildman–Crippen MR) is 135 cm³/mol. The number of thiophene rings is 1. The van der Waals surface area contributed by atoms with E-state index in [2.05, 4.69) is 10.6 Å². The number of para-hydroxylation sites is 1. The number of aromatic nitrogens is 1. The highest BCUT2D eigenvalue weighted by molar-refractivity contribution is 8.00. The van der Waals surface area contributed by atoms with Gasteiger partial charge in [0.05, 0.1) is 14.8 Å². The van der Waals surface area contributed by atoms with Gasteiger partial charge in [-0.15, -0.1) is 46.8 Å². The normalized spacial score (nSPS) is 10.3. The van der Waals surface area contributed by atoms with Crippen molar-refractivity contribution in [3.8, 4) is 11.3 Å². The van der Waals surface area contributed by atoms with Gasteiger partial charge in [0, 0.05) is 28.0 Å². The summed E-state index contributed by atoms with van der Waals surface area (Å²) in [6.45, 7) is 0. The number of halogens is 1. The summed E-state index contributed by atoms with van der Waals surface area (Å²) in [5.74, 6) is 0.0920.